The topological polar surface area (TPSA) is 73.8 Å². The highest BCUT2D eigenvalue weighted by molar-refractivity contribution is 7.98. The van der Waals surface area contributed by atoms with Crippen LogP contribution in [0.25, 0.3) is 11.4 Å². The number of hydrogen-bond acceptors (Lipinski definition) is 5. The second-order valence-corrected chi connectivity index (χ2v) is 6.48. The molecule has 25 heavy (non-hydrogen) atoms. The predicted octanol–water partition coefficient (Wildman–Crippen LogP) is 4.47. The number of rotatable bonds is 6. The van der Waals surface area contributed by atoms with Gasteiger partial charge in [0.2, 0.25) is 0 Å². The van der Waals surface area contributed by atoms with Crippen molar-refractivity contribution < 1.29 is 4.92 Å². The first kappa shape index (κ1) is 17.2. The summed E-state index contributed by atoms with van der Waals surface area (Å²) in [5.74, 6) is 1.30. The van der Waals surface area contributed by atoms with E-state index in [0.29, 0.717) is 11.3 Å². The molecule has 0 radical (unpaired) electrons. The lowest BCUT2D eigenvalue weighted by Crippen LogP contribution is -2.01. The van der Waals surface area contributed by atoms with E-state index in [9.17, 15) is 10.1 Å². The first-order chi connectivity index (χ1) is 12.1. The zero-order valence-electron chi connectivity index (χ0n) is 14.0. The van der Waals surface area contributed by atoms with Gasteiger partial charge in [0.05, 0.1) is 4.92 Å². The van der Waals surface area contributed by atoms with Crippen LogP contribution in [0.3, 0.4) is 0 Å². The molecule has 0 saturated carbocycles. The summed E-state index contributed by atoms with van der Waals surface area (Å²) in [6, 6.07) is 14.8. The molecule has 0 N–H and O–H groups in total. The Hall–Kier alpha value is -2.67. The molecule has 3 aromatic rings. The van der Waals surface area contributed by atoms with Crippen molar-refractivity contribution in [1.29, 1.82) is 0 Å². The van der Waals surface area contributed by atoms with E-state index in [1.165, 1.54) is 17.8 Å². The smallest absolute Gasteiger partial charge is 0.273 e. The monoisotopic (exact) mass is 354 g/mol. The highest BCUT2D eigenvalue weighted by atomic mass is 32.2. The van der Waals surface area contributed by atoms with Crippen molar-refractivity contribution in [2.24, 2.45) is 0 Å². The molecule has 0 unspecified atom stereocenters. The van der Waals surface area contributed by atoms with Crippen molar-refractivity contribution >= 4 is 17.4 Å². The SMILES string of the molecule is CCn1c(SCc2ccccc2[N+](=O)[O-])nnc1-c1ccccc1C. The van der Waals surface area contributed by atoms with Gasteiger partial charge in [0, 0.05) is 29.5 Å². The lowest BCUT2D eigenvalue weighted by Gasteiger charge is -2.09. The Morgan fingerprint density at radius 1 is 1.12 bits per heavy atom. The summed E-state index contributed by atoms with van der Waals surface area (Å²) >= 11 is 1.46. The molecule has 0 amide bonds. The van der Waals surface area contributed by atoms with E-state index < -0.39 is 0 Å². The van der Waals surface area contributed by atoms with E-state index in [1.807, 2.05) is 48.7 Å². The number of benzene rings is 2. The summed E-state index contributed by atoms with van der Waals surface area (Å²) in [5, 5.41) is 20.6. The maximum Gasteiger partial charge on any atom is 0.273 e. The number of nitro groups is 1. The molecule has 0 bridgehead atoms. The molecule has 1 heterocycles. The van der Waals surface area contributed by atoms with Crippen LogP contribution < -0.4 is 0 Å². The molecule has 0 aliphatic rings. The molecule has 0 spiro atoms. The van der Waals surface area contributed by atoms with Gasteiger partial charge in [0.25, 0.3) is 5.69 Å². The quantitative estimate of drug-likeness (QED) is 0.371. The van der Waals surface area contributed by atoms with Crippen LogP contribution in [0.5, 0.6) is 0 Å². The van der Waals surface area contributed by atoms with Gasteiger partial charge in [-0.2, -0.15) is 0 Å². The van der Waals surface area contributed by atoms with Gasteiger partial charge < -0.3 is 4.57 Å². The van der Waals surface area contributed by atoms with Crippen molar-refractivity contribution in [3.05, 3.63) is 69.8 Å². The number of para-hydroxylation sites is 1. The highest BCUT2D eigenvalue weighted by Crippen LogP contribution is 2.30. The van der Waals surface area contributed by atoms with Gasteiger partial charge in [-0.3, -0.25) is 10.1 Å². The molecule has 0 fully saturated rings. The van der Waals surface area contributed by atoms with Crippen LogP contribution >= 0.6 is 11.8 Å². The van der Waals surface area contributed by atoms with Gasteiger partial charge in [-0.25, -0.2) is 0 Å². The lowest BCUT2D eigenvalue weighted by molar-refractivity contribution is -0.385. The third-order valence-electron chi connectivity index (χ3n) is 3.96. The highest BCUT2D eigenvalue weighted by Gasteiger charge is 2.17. The first-order valence-electron chi connectivity index (χ1n) is 7.96. The predicted molar refractivity (Wildman–Crippen MR) is 98.5 cm³/mol. The van der Waals surface area contributed by atoms with E-state index in [2.05, 4.69) is 10.2 Å². The Morgan fingerprint density at radius 2 is 1.84 bits per heavy atom. The standard InChI is InChI=1S/C18H18N4O2S/c1-3-21-17(15-10-6-4-8-13(15)2)19-20-18(21)25-12-14-9-5-7-11-16(14)22(23)24/h4-11H,3,12H2,1-2H3. The van der Waals surface area contributed by atoms with Gasteiger partial charge in [-0.1, -0.05) is 54.2 Å². The summed E-state index contributed by atoms with van der Waals surface area (Å²) < 4.78 is 2.04. The molecule has 1 aromatic heterocycles. The average molecular weight is 354 g/mol. The zero-order chi connectivity index (χ0) is 17.8. The van der Waals surface area contributed by atoms with Crippen molar-refractivity contribution in [2.45, 2.75) is 31.3 Å². The number of nitrogens with zero attached hydrogens (tertiary/aromatic N) is 4. The second-order valence-electron chi connectivity index (χ2n) is 5.54. The Labute approximate surface area is 150 Å². The van der Waals surface area contributed by atoms with Gasteiger partial charge in [-0.15, -0.1) is 10.2 Å². The summed E-state index contributed by atoms with van der Waals surface area (Å²) in [6.45, 7) is 4.82. The lowest BCUT2D eigenvalue weighted by atomic mass is 10.1. The number of aromatic nitrogens is 3. The molecule has 2 aromatic carbocycles. The maximum atomic E-state index is 11.1. The van der Waals surface area contributed by atoms with Crippen molar-refractivity contribution in [2.75, 3.05) is 0 Å². The van der Waals surface area contributed by atoms with E-state index >= 15 is 0 Å². The summed E-state index contributed by atoms with van der Waals surface area (Å²) in [4.78, 5) is 10.8. The fourth-order valence-corrected chi connectivity index (χ4v) is 3.66. The Kier molecular flexibility index (Phi) is 5.14. The Morgan fingerprint density at radius 3 is 2.56 bits per heavy atom. The van der Waals surface area contributed by atoms with Crippen LogP contribution in [0.4, 0.5) is 5.69 Å². The number of thioether (sulfide) groups is 1. The average Bonchev–Trinajstić information content (AvgIpc) is 3.03. The Balaban J connectivity index is 1.88. The fourth-order valence-electron chi connectivity index (χ4n) is 2.66. The normalized spacial score (nSPS) is 10.8. The Bertz CT molecular complexity index is 908. The molecular formula is C18H18N4O2S. The summed E-state index contributed by atoms with van der Waals surface area (Å²) in [5.41, 5.74) is 3.01. The molecular weight excluding hydrogens is 336 g/mol. The number of hydrogen-bond donors (Lipinski definition) is 0. The fraction of sp³-hybridized carbons (Fsp3) is 0.222. The minimum absolute atomic E-state index is 0.136. The van der Waals surface area contributed by atoms with E-state index in [4.69, 9.17) is 0 Å². The van der Waals surface area contributed by atoms with Crippen LogP contribution in [0.2, 0.25) is 0 Å². The molecule has 128 valence electrons. The van der Waals surface area contributed by atoms with E-state index in [-0.39, 0.29) is 10.6 Å². The van der Waals surface area contributed by atoms with Crippen LogP contribution in [-0.4, -0.2) is 19.7 Å². The van der Waals surface area contributed by atoms with Crippen molar-refractivity contribution in [1.82, 2.24) is 14.8 Å². The number of nitro benzene ring substituents is 1. The molecule has 0 aliphatic heterocycles. The van der Waals surface area contributed by atoms with Crippen LogP contribution in [0, 0.1) is 17.0 Å². The van der Waals surface area contributed by atoms with Gasteiger partial charge in [0.15, 0.2) is 11.0 Å². The summed E-state index contributed by atoms with van der Waals surface area (Å²) in [7, 11) is 0. The third kappa shape index (κ3) is 3.56. The third-order valence-corrected chi connectivity index (χ3v) is 4.98. The van der Waals surface area contributed by atoms with Crippen molar-refractivity contribution in [3.8, 4) is 11.4 Å². The molecule has 0 saturated heterocycles. The molecule has 0 aliphatic carbocycles. The second kappa shape index (κ2) is 7.48. The minimum Gasteiger partial charge on any atom is -0.302 e. The van der Waals surface area contributed by atoms with Crippen molar-refractivity contribution in [3.63, 3.8) is 0 Å². The van der Waals surface area contributed by atoms with E-state index in [0.717, 1.165) is 28.7 Å². The maximum absolute atomic E-state index is 11.1. The van der Waals surface area contributed by atoms with Crippen LogP contribution in [-0.2, 0) is 12.3 Å². The van der Waals surface area contributed by atoms with Gasteiger partial charge in [0.1, 0.15) is 0 Å². The van der Waals surface area contributed by atoms with Crippen LogP contribution in [0.15, 0.2) is 53.7 Å². The largest absolute Gasteiger partial charge is 0.302 e. The molecule has 0 atom stereocenters. The summed E-state index contributed by atoms with van der Waals surface area (Å²) in [6.07, 6.45) is 0. The minimum atomic E-state index is -0.348. The molecule has 6 nitrogen and oxygen atoms in total. The van der Waals surface area contributed by atoms with E-state index in [1.54, 1.807) is 12.1 Å². The molecule has 7 heteroatoms. The number of aryl methyl sites for hydroxylation is 1. The zero-order valence-corrected chi connectivity index (χ0v) is 14.9. The van der Waals surface area contributed by atoms with Gasteiger partial charge >= 0.3 is 0 Å². The van der Waals surface area contributed by atoms with Gasteiger partial charge in [-0.05, 0) is 19.4 Å². The molecule has 3 rings (SSSR count). The van der Waals surface area contributed by atoms with Crippen LogP contribution in [0.1, 0.15) is 18.1 Å². The first-order valence-corrected chi connectivity index (χ1v) is 8.94.